The van der Waals surface area contributed by atoms with E-state index in [9.17, 15) is 9.18 Å². The number of hydrogen-bond acceptors (Lipinski definition) is 2. The van der Waals surface area contributed by atoms with Gasteiger partial charge in [0.1, 0.15) is 5.82 Å². The summed E-state index contributed by atoms with van der Waals surface area (Å²) in [6.45, 7) is 2.03. The number of fused-ring (bicyclic) bond motifs is 3. The van der Waals surface area contributed by atoms with E-state index in [1.807, 2.05) is 25.1 Å². The highest BCUT2D eigenvalue weighted by atomic mass is 32.2. The van der Waals surface area contributed by atoms with Crippen molar-refractivity contribution in [3.8, 4) is 16.9 Å². The van der Waals surface area contributed by atoms with Crippen molar-refractivity contribution < 1.29 is 4.39 Å². The molecule has 22 heavy (non-hydrogen) atoms. The van der Waals surface area contributed by atoms with Gasteiger partial charge in [0.15, 0.2) is 0 Å². The zero-order chi connectivity index (χ0) is 15.3. The van der Waals surface area contributed by atoms with Gasteiger partial charge in [0.2, 0.25) is 0 Å². The molecule has 0 bridgehead atoms. The second-order valence-corrected chi connectivity index (χ2v) is 6.66. The minimum absolute atomic E-state index is 0.0730. The summed E-state index contributed by atoms with van der Waals surface area (Å²) < 4.78 is 14.6. The Morgan fingerprint density at radius 3 is 2.64 bits per heavy atom. The van der Waals surface area contributed by atoms with Crippen LogP contribution in [0.4, 0.5) is 4.39 Å². The molecular weight excluding hydrogens is 299 g/mol. The van der Waals surface area contributed by atoms with Crippen molar-refractivity contribution in [2.75, 3.05) is 0 Å². The lowest BCUT2D eigenvalue weighted by Gasteiger charge is -2.19. The summed E-state index contributed by atoms with van der Waals surface area (Å²) in [6, 6.07) is 13.9. The third kappa shape index (κ3) is 1.93. The Morgan fingerprint density at radius 2 is 1.86 bits per heavy atom. The summed E-state index contributed by atoms with van der Waals surface area (Å²) in [5.74, 6) is -0.317. The second-order valence-electron chi connectivity index (χ2n) is 5.27. The van der Waals surface area contributed by atoms with Gasteiger partial charge in [-0.25, -0.2) is 9.07 Å². The molecule has 0 fully saturated rings. The number of thioether (sulfide) groups is 1. The molecule has 3 nitrogen and oxygen atoms in total. The Morgan fingerprint density at radius 1 is 1.14 bits per heavy atom. The summed E-state index contributed by atoms with van der Waals surface area (Å²) in [4.78, 5) is 13.9. The van der Waals surface area contributed by atoms with Crippen LogP contribution in [0.3, 0.4) is 0 Å². The monoisotopic (exact) mass is 312 g/mol. The minimum atomic E-state index is -0.317. The first-order valence-corrected chi connectivity index (χ1v) is 7.90. The van der Waals surface area contributed by atoms with Crippen LogP contribution in [0.25, 0.3) is 16.9 Å². The van der Waals surface area contributed by atoms with Crippen LogP contribution in [0.2, 0.25) is 0 Å². The largest absolute Gasteiger partial charge is 0.290 e. The third-order valence-electron chi connectivity index (χ3n) is 3.88. The quantitative estimate of drug-likeness (QED) is 0.733. The van der Waals surface area contributed by atoms with E-state index in [4.69, 9.17) is 0 Å². The average Bonchev–Trinajstić information content (AvgIpc) is 2.87. The Balaban J connectivity index is 1.96. The fraction of sp³-hybridized carbons (Fsp3) is 0.118. The first kappa shape index (κ1) is 13.4. The highest BCUT2D eigenvalue weighted by Gasteiger charge is 2.28. The summed E-state index contributed by atoms with van der Waals surface area (Å²) in [5, 5.41) is 3.27. The van der Waals surface area contributed by atoms with Gasteiger partial charge in [-0.05, 0) is 37.3 Å². The van der Waals surface area contributed by atoms with Gasteiger partial charge in [-0.15, -0.1) is 11.8 Å². The molecule has 5 heteroatoms. The van der Waals surface area contributed by atoms with Gasteiger partial charge in [0.05, 0.1) is 16.9 Å². The van der Waals surface area contributed by atoms with Crippen LogP contribution in [-0.2, 0) is 0 Å². The minimum Gasteiger partial charge on any atom is -0.290 e. The molecule has 0 spiro atoms. The Labute approximate surface area is 130 Å². The molecular formula is C17H13FN2OS. The molecule has 3 aromatic rings. The predicted octanol–water partition coefficient (Wildman–Crippen LogP) is 4.14. The maximum absolute atomic E-state index is 13.1. The van der Waals surface area contributed by atoms with Gasteiger partial charge in [0, 0.05) is 15.7 Å². The molecule has 1 atom stereocenters. The molecule has 1 aromatic heterocycles. The maximum atomic E-state index is 13.1. The summed E-state index contributed by atoms with van der Waals surface area (Å²) in [6.07, 6.45) is 0. The zero-order valence-corrected chi connectivity index (χ0v) is 12.7. The lowest BCUT2D eigenvalue weighted by molar-refractivity contribution is 0.627. The number of halogens is 1. The van der Waals surface area contributed by atoms with Crippen LogP contribution in [-0.4, -0.2) is 9.78 Å². The summed E-state index contributed by atoms with van der Waals surface area (Å²) >= 11 is 1.69. The highest BCUT2D eigenvalue weighted by molar-refractivity contribution is 7.99. The highest BCUT2D eigenvalue weighted by Crippen LogP contribution is 2.46. The van der Waals surface area contributed by atoms with Gasteiger partial charge >= 0.3 is 0 Å². The van der Waals surface area contributed by atoms with Crippen molar-refractivity contribution in [2.45, 2.75) is 17.1 Å². The number of rotatable bonds is 1. The number of aromatic amines is 1. The van der Waals surface area contributed by atoms with Gasteiger partial charge in [0.25, 0.3) is 5.56 Å². The van der Waals surface area contributed by atoms with Crippen molar-refractivity contribution >= 4 is 11.8 Å². The number of aromatic nitrogens is 2. The van der Waals surface area contributed by atoms with Gasteiger partial charge in [-0.2, -0.15) is 0 Å². The summed E-state index contributed by atoms with van der Waals surface area (Å²) in [5.41, 5.74) is 3.23. The molecule has 1 unspecified atom stereocenters. The molecule has 0 aliphatic carbocycles. The number of nitrogens with one attached hydrogen (secondary N) is 1. The van der Waals surface area contributed by atoms with Crippen LogP contribution < -0.4 is 5.56 Å². The van der Waals surface area contributed by atoms with E-state index in [2.05, 4.69) is 11.2 Å². The molecule has 2 aromatic carbocycles. The summed E-state index contributed by atoms with van der Waals surface area (Å²) in [7, 11) is 0. The van der Waals surface area contributed by atoms with Crippen molar-refractivity contribution in [2.24, 2.45) is 0 Å². The lowest BCUT2D eigenvalue weighted by atomic mass is 10.1. The van der Waals surface area contributed by atoms with E-state index in [1.54, 1.807) is 23.9 Å². The first-order valence-electron chi connectivity index (χ1n) is 7.02. The molecule has 4 rings (SSSR count). The van der Waals surface area contributed by atoms with E-state index in [0.717, 1.165) is 21.7 Å². The number of hydrogen-bond donors (Lipinski definition) is 1. The van der Waals surface area contributed by atoms with E-state index < -0.39 is 0 Å². The molecule has 2 heterocycles. The fourth-order valence-corrected chi connectivity index (χ4v) is 4.00. The fourth-order valence-electron chi connectivity index (χ4n) is 2.83. The molecule has 0 saturated carbocycles. The van der Waals surface area contributed by atoms with Crippen LogP contribution in [0.5, 0.6) is 0 Å². The molecule has 110 valence electrons. The first-order chi connectivity index (χ1) is 10.6. The van der Waals surface area contributed by atoms with Crippen molar-refractivity contribution in [3.05, 3.63) is 70.3 Å². The average molecular weight is 312 g/mol. The van der Waals surface area contributed by atoms with E-state index >= 15 is 0 Å². The van der Waals surface area contributed by atoms with Gasteiger partial charge in [-0.3, -0.25) is 9.89 Å². The van der Waals surface area contributed by atoms with Crippen molar-refractivity contribution in [1.29, 1.82) is 0 Å². The third-order valence-corrected chi connectivity index (χ3v) is 5.08. The Kier molecular flexibility index (Phi) is 2.97. The number of benzene rings is 2. The van der Waals surface area contributed by atoms with Crippen molar-refractivity contribution in [3.63, 3.8) is 0 Å². The second kappa shape index (κ2) is 4.88. The molecule has 0 radical (unpaired) electrons. The standard InChI is InChI=1S/C17H13FN2OS/c1-10-15-16(13-4-2-3-5-14(13)22-10)19-20(17(15)21)12-8-6-11(18)7-9-12/h2-10,19H,1H3. The predicted molar refractivity (Wildman–Crippen MR) is 86.1 cm³/mol. The number of H-pyrrole nitrogens is 1. The topological polar surface area (TPSA) is 37.8 Å². The zero-order valence-electron chi connectivity index (χ0n) is 11.8. The van der Waals surface area contributed by atoms with Gasteiger partial charge < -0.3 is 0 Å². The van der Waals surface area contributed by atoms with E-state index in [1.165, 1.54) is 16.8 Å². The SMILES string of the molecule is CC1Sc2ccccc2-c2[nH]n(-c3ccc(F)cc3)c(=O)c21. The van der Waals surface area contributed by atoms with Gasteiger partial charge in [-0.1, -0.05) is 18.2 Å². The molecule has 1 aliphatic rings. The van der Waals surface area contributed by atoms with Crippen molar-refractivity contribution in [1.82, 2.24) is 9.78 Å². The molecule has 0 saturated heterocycles. The van der Waals surface area contributed by atoms with Crippen LogP contribution in [0.1, 0.15) is 17.7 Å². The maximum Gasteiger partial charge on any atom is 0.276 e. The lowest BCUT2D eigenvalue weighted by Crippen LogP contribution is -2.18. The van der Waals surface area contributed by atoms with Crippen LogP contribution >= 0.6 is 11.8 Å². The Bertz CT molecular complexity index is 911. The number of nitrogens with zero attached hydrogens (tertiary/aromatic N) is 1. The normalized spacial score (nSPS) is 16.2. The van der Waals surface area contributed by atoms with Crippen LogP contribution in [0, 0.1) is 5.82 Å². The molecule has 1 N–H and O–H groups in total. The van der Waals surface area contributed by atoms with E-state index in [0.29, 0.717) is 5.69 Å². The smallest absolute Gasteiger partial charge is 0.276 e. The molecule has 1 aliphatic heterocycles. The molecule has 0 amide bonds. The van der Waals surface area contributed by atoms with E-state index in [-0.39, 0.29) is 16.6 Å². The van der Waals surface area contributed by atoms with Crippen LogP contribution in [0.15, 0.2) is 58.2 Å². The Hall–Kier alpha value is -2.27.